The Bertz CT molecular complexity index is 1260. The highest BCUT2D eigenvalue weighted by Crippen LogP contribution is 2.37. The molecule has 2 N–H and O–H groups in total. The second kappa shape index (κ2) is 9.38. The van der Waals surface area contributed by atoms with Gasteiger partial charge in [-0.25, -0.2) is 4.57 Å². The molecule has 36 heavy (non-hydrogen) atoms. The summed E-state index contributed by atoms with van der Waals surface area (Å²) in [6.07, 6.45) is -6.47. The molecule has 2 heterocycles. The van der Waals surface area contributed by atoms with Crippen molar-refractivity contribution in [3.05, 3.63) is 70.3 Å². The average Bonchev–Trinajstić information content (AvgIpc) is 3.31. The minimum atomic E-state index is -4.93. The SMILES string of the molecule is Cc1cc(C)c(-n2c[n+]3c(n2)CC[C@H]3CNC(=S)Nc2cc(C(F)(F)F)cc(C(F)(F)F)c2)c(C)c1. The molecule has 0 amide bonds. The van der Waals surface area contributed by atoms with E-state index in [1.807, 2.05) is 36.3 Å². The highest BCUT2D eigenvalue weighted by molar-refractivity contribution is 7.80. The van der Waals surface area contributed by atoms with Gasteiger partial charge in [-0.1, -0.05) is 22.4 Å². The maximum absolute atomic E-state index is 13.1. The summed E-state index contributed by atoms with van der Waals surface area (Å²) in [6.45, 7) is 6.40. The zero-order valence-corrected chi connectivity index (χ0v) is 20.5. The third-order valence-corrected chi connectivity index (χ3v) is 6.30. The third kappa shape index (κ3) is 5.48. The fourth-order valence-corrected chi connectivity index (χ4v) is 4.76. The van der Waals surface area contributed by atoms with Gasteiger partial charge in [-0.05, 0) is 68.7 Å². The van der Waals surface area contributed by atoms with E-state index in [4.69, 9.17) is 17.3 Å². The molecule has 0 bridgehead atoms. The zero-order chi connectivity index (χ0) is 26.4. The molecule has 5 nitrogen and oxygen atoms in total. The van der Waals surface area contributed by atoms with Gasteiger partial charge in [-0.3, -0.25) is 0 Å². The molecule has 1 aliphatic rings. The Kier molecular flexibility index (Phi) is 6.76. The number of benzene rings is 2. The molecule has 2 aromatic carbocycles. The van der Waals surface area contributed by atoms with Crippen LogP contribution in [0, 0.1) is 20.8 Å². The van der Waals surface area contributed by atoms with E-state index in [0.717, 1.165) is 41.0 Å². The normalized spacial score (nSPS) is 15.6. The molecule has 1 aliphatic heterocycles. The molecule has 3 aromatic rings. The van der Waals surface area contributed by atoms with Crippen LogP contribution < -0.4 is 15.2 Å². The van der Waals surface area contributed by atoms with Gasteiger partial charge in [0, 0.05) is 17.2 Å². The van der Waals surface area contributed by atoms with Crippen molar-refractivity contribution in [2.24, 2.45) is 0 Å². The number of thiocarbonyl (C=S) groups is 1. The summed E-state index contributed by atoms with van der Waals surface area (Å²) in [7, 11) is 0. The highest BCUT2D eigenvalue weighted by atomic mass is 32.1. The predicted molar refractivity (Wildman–Crippen MR) is 126 cm³/mol. The maximum Gasteiger partial charge on any atom is 0.416 e. The van der Waals surface area contributed by atoms with E-state index >= 15 is 0 Å². The van der Waals surface area contributed by atoms with Crippen molar-refractivity contribution in [1.82, 2.24) is 15.1 Å². The van der Waals surface area contributed by atoms with Gasteiger partial charge in [-0.2, -0.15) is 26.3 Å². The second-order valence-corrected chi connectivity index (χ2v) is 9.36. The topological polar surface area (TPSA) is 45.8 Å². The number of anilines is 1. The smallest absolute Gasteiger partial charge is 0.359 e. The van der Waals surface area contributed by atoms with Crippen LogP contribution in [0.3, 0.4) is 0 Å². The van der Waals surface area contributed by atoms with Gasteiger partial charge in [0.05, 0.1) is 23.7 Å². The van der Waals surface area contributed by atoms with Crippen LogP contribution >= 0.6 is 12.2 Å². The lowest BCUT2D eigenvalue weighted by atomic mass is 10.1. The maximum atomic E-state index is 13.1. The van der Waals surface area contributed by atoms with Crippen LogP contribution in [0.15, 0.2) is 36.7 Å². The van der Waals surface area contributed by atoms with E-state index in [1.165, 1.54) is 0 Å². The Hall–Kier alpha value is -3.15. The lowest BCUT2D eigenvalue weighted by molar-refractivity contribution is -0.714. The fourth-order valence-electron chi connectivity index (χ4n) is 4.56. The fraction of sp³-hybridized carbons (Fsp3) is 0.375. The first kappa shape index (κ1) is 25.9. The van der Waals surface area contributed by atoms with Gasteiger partial charge < -0.3 is 10.6 Å². The van der Waals surface area contributed by atoms with Crippen LogP contribution in [0.25, 0.3) is 5.69 Å². The van der Waals surface area contributed by atoms with E-state index in [1.54, 1.807) is 0 Å². The molecule has 0 saturated heterocycles. The van der Waals surface area contributed by atoms with Crippen LogP contribution in [0.4, 0.5) is 32.0 Å². The highest BCUT2D eigenvalue weighted by Gasteiger charge is 2.37. The lowest BCUT2D eigenvalue weighted by Gasteiger charge is -2.17. The van der Waals surface area contributed by atoms with Crippen molar-refractivity contribution < 1.29 is 30.9 Å². The van der Waals surface area contributed by atoms with Gasteiger partial charge >= 0.3 is 12.4 Å². The largest absolute Gasteiger partial charge is 0.416 e. The Morgan fingerprint density at radius 1 is 1.00 bits per heavy atom. The summed E-state index contributed by atoms with van der Waals surface area (Å²) in [5.41, 5.74) is 1.12. The van der Waals surface area contributed by atoms with Crippen LogP contribution in [-0.2, 0) is 18.8 Å². The third-order valence-electron chi connectivity index (χ3n) is 6.06. The van der Waals surface area contributed by atoms with E-state index in [2.05, 4.69) is 22.8 Å². The lowest BCUT2D eigenvalue weighted by Crippen LogP contribution is -2.44. The van der Waals surface area contributed by atoms with E-state index < -0.39 is 29.2 Å². The van der Waals surface area contributed by atoms with Gasteiger partial charge in [-0.15, -0.1) is 0 Å². The summed E-state index contributed by atoms with van der Waals surface area (Å²) in [6, 6.07) is 5.41. The van der Waals surface area contributed by atoms with Crippen molar-refractivity contribution in [2.45, 2.75) is 52.0 Å². The minimum absolute atomic E-state index is 0.0354. The molecule has 0 saturated carbocycles. The van der Waals surface area contributed by atoms with Crippen LogP contribution in [-0.4, -0.2) is 21.4 Å². The Morgan fingerprint density at radius 2 is 1.58 bits per heavy atom. The van der Waals surface area contributed by atoms with Crippen molar-refractivity contribution in [2.75, 3.05) is 11.9 Å². The molecule has 0 fully saturated rings. The van der Waals surface area contributed by atoms with E-state index in [9.17, 15) is 26.3 Å². The summed E-state index contributed by atoms with van der Waals surface area (Å²) in [5, 5.41) is 10.0. The number of nitrogens with one attached hydrogen (secondary N) is 2. The number of halogens is 6. The Labute approximate surface area is 209 Å². The van der Waals surface area contributed by atoms with Crippen molar-refractivity contribution >= 4 is 23.0 Å². The first-order valence-electron chi connectivity index (χ1n) is 11.1. The van der Waals surface area contributed by atoms with Crippen molar-refractivity contribution in [1.29, 1.82) is 0 Å². The molecule has 1 atom stereocenters. The molecular formula is C24H24F6N5S+. The molecule has 0 unspecified atom stereocenters. The molecule has 0 spiro atoms. The number of alkyl halides is 6. The van der Waals surface area contributed by atoms with E-state index in [0.29, 0.717) is 18.7 Å². The predicted octanol–water partition coefficient (Wildman–Crippen LogP) is 5.60. The monoisotopic (exact) mass is 528 g/mol. The Morgan fingerprint density at radius 3 is 2.14 bits per heavy atom. The second-order valence-electron chi connectivity index (χ2n) is 8.95. The number of hydrogen-bond acceptors (Lipinski definition) is 2. The van der Waals surface area contributed by atoms with Crippen LogP contribution in [0.1, 0.15) is 46.1 Å². The number of aryl methyl sites for hydroxylation is 4. The zero-order valence-electron chi connectivity index (χ0n) is 19.7. The molecule has 1 aromatic heterocycles. The summed E-state index contributed by atoms with van der Waals surface area (Å²) in [5.74, 6) is 0.882. The van der Waals surface area contributed by atoms with Gasteiger partial charge in [0.25, 0.3) is 5.82 Å². The summed E-state index contributed by atoms with van der Waals surface area (Å²) < 4.78 is 82.5. The quantitative estimate of drug-likeness (QED) is 0.263. The average molecular weight is 529 g/mol. The number of aromatic nitrogens is 3. The summed E-state index contributed by atoms with van der Waals surface area (Å²) in [4.78, 5) is 0. The van der Waals surface area contributed by atoms with Gasteiger partial charge in [0.2, 0.25) is 6.33 Å². The number of hydrogen-bond donors (Lipinski definition) is 2. The molecule has 0 aliphatic carbocycles. The first-order chi connectivity index (χ1) is 16.7. The number of fused-ring (bicyclic) bond motifs is 1. The molecule has 12 heteroatoms. The van der Waals surface area contributed by atoms with Crippen LogP contribution in [0.5, 0.6) is 0 Å². The van der Waals surface area contributed by atoms with E-state index in [-0.39, 0.29) is 17.2 Å². The van der Waals surface area contributed by atoms with Crippen molar-refractivity contribution in [3.63, 3.8) is 0 Å². The molecule has 192 valence electrons. The first-order valence-corrected chi connectivity index (χ1v) is 11.6. The number of rotatable bonds is 4. The molecule has 0 radical (unpaired) electrons. The van der Waals surface area contributed by atoms with Crippen molar-refractivity contribution in [3.8, 4) is 5.69 Å². The number of nitrogens with zero attached hydrogens (tertiary/aromatic N) is 3. The standard InChI is InChI=1S/C24H23F6N5S/c1-13-6-14(2)21(15(3)7-13)35-12-34-19(4-5-20(34)33-35)11-31-22(36)32-18-9-16(23(25,26)27)8-17(10-18)24(28,29)30/h6-10,12,19H,4-5,11H2,1-3H3,(H-,31,32,36)/p+1/t19-/m0/s1. The minimum Gasteiger partial charge on any atom is -0.359 e. The van der Waals surface area contributed by atoms with Gasteiger partial charge in [0.15, 0.2) is 5.11 Å². The molecule has 4 rings (SSSR count). The summed E-state index contributed by atoms with van der Waals surface area (Å²) >= 11 is 5.16. The van der Waals surface area contributed by atoms with Gasteiger partial charge in [0.1, 0.15) is 5.69 Å². The molecular weight excluding hydrogens is 504 g/mol. The Balaban J connectivity index is 1.47. The van der Waals surface area contributed by atoms with Crippen LogP contribution in [0.2, 0.25) is 0 Å².